The molecule has 8 aliphatic rings. The van der Waals surface area contributed by atoms with Gasteiger partial charge in [0, 0.05) is 32.1 Å². The number of rotatable bonds is 0. The highest BCUT2D eigenvalue weighted by Crippen LogP contribution is 2.42. The van der Waals surface area contributed by atoms with Crippen LogP contribution in [0.3, 0.4) is 0 Å². The zero-order valence-electron chi connectivity index (χ0n) is 19.5. The van der Waals surface area contributed by atoms with E-state index in [1.807, 2.05) is 0 Å². The van der Waals surface area contributed by atoms with Gasteiger partial charge in [0.15, 0.2) is 6.35 Å². The van der Waals surface area contributed by atoms with Crippen molar-refractivity contribution in [3.05, 3.63) is 0 Å². The summed E-state index contributed by atoms with van der Waals surface area (Å²) in [6.07, 6.45) is 16.7. The molecule has 1 amide bonds. The maximum Gasteiger partial charge on any atom is 0.225 e. The van der Waals surface area contributed by atoms with Crippen molar-refractivity contribution in [2.24, 2.45) is 35.5 Å². The molecule has 2 N–H and O–H groups in total. The van der Waals surface area contributed by atoms with Gasteiger partial charge in [-0.1, -0.05) is 25.7 Å². The van der Waals surface area contributed by atoms with Gasteiger partial charge in [-0.05, 0) is 87.4 Å². The summed E-state index contributed by atoms with van der Waals surface area (Å²) in [5.74, 6) is 4.86. The molecule has 0 aromatic heterocycles. The predicted octanol–water partition coefficient (Wildman–Crippen LogP) is 4.13. The summed E-state index contributed by atoms with van der Waals surface area (Å²) in [5, 5.41) is 7.18. The molecule has 176 valence electrons. The van der Waals surface area contributed by atoms with Crippen molar-refractivity contribution in [1.82, 2.24) is 15.5 Å². The minimum atomic E-state index is 0.0503. The molecular formula is C26H45N3O2. The first-order chi connectivity index (χ1) is 15.2. The first-order valence-corrected chi connectivity index (χ1v) is 13.6. The van der Waals surface area contributed by atoms with Crippen LogP contribution >= 0.6 is 0 Å². The predicted molar refractivity (Wildman–Crippen MR) is 123 cm³/mol. The zero-order valence-corrected chi connectivity index (χ0v) is 19.5. The Morgan fingerprint density at radius 1 is 0.742 bits per heavy atom. The third-order valence-electron chi connectivity index (χ3n) is 9.37. The van der Waals surface area contributed by atoms with Gasteiger partial charge in [-0.25, -0.2) is 0 Å². The van der Waals surface area contributed by atoms with Crippen LogP contribution in [-0.2, 0) is 9.53 Å². The van der Waals surface area contributed by atoms with E-state index in [-0.39, 0.29) is 6.35 Å². The maximum absolute atomic E-state index is 13.3. The van der Waals surface area contributed by atoms with Crippen LogP contribution in [0.2, 0.25) is 0 Å². The first kappa shape index (κ1) is 22.2. The van der Waals surface area contributed by atoms with Crippen molar-refractivity contribution < 1.29 is 9.53 Å². The number of hydrogen-bond acceptors (Lipinski definition) is 4. The molecule has 7 bridgehead atoms. The van der Waals surface area contributed by atoms with Crippen molar-refractivity contribution in [1.29, 1.82) is 0 Å². The maximum atomic E-state index is 13.3. The number of hydrogen-bond donors (Lipinski definition) is 2. The lowest BCUT2D eigenvalue weighted by Gasteiger charge is -2.45. The first-order valence-electron chi connectivity index (χ1n) is 13.6. The summed E-state index contributed by atoms with van der Waals surface area (Å²) in [4.78, 5) is 15.6. The number of carbonyl (C=O) groups is 1. The second kappa shape index (κ2) is 10.5. The second-order valence-corrected chi connectivity index (χ2v) is 11.5. The average Bonchev–Trinajstić information content (AvgIpc) is 2.81. The van der Waals surface area contributed by atoms with Gasteiger partial charge in [0.25, 0.3) is 0 Å². The molecule has 3 atom stereocenters. The van der Waals surface area contributed by atoms with Gasteiger partial charge in [-0.15, -0.1) is 0 Å². The fourth-order valence-corrected chi connectivity index (χ4v) is 7.45. The van der Waals surface area contributed by atoms with Crippen molar-refractivity contribution in [3.63, 3.8) is 0 Å². The lowest BCUT2D eigenvalue weighted by molar-refractivity contribution is -0.140. The molecule has 3 unspecified atom stereocenters. The molecule has 5 heteroatoms. The largest absolute Gasteiger partial charge is 0.350 e. The van der Waals surface area contributed by atoms with Crippen LogP contribution in [-0.4, -0.2) is 49.9 Å². The Kier molecular flexibility index (Phi) is 7.52. The Bertz CT molecular complexity index is 583. The lowest BCUT2D eigenvalue weighted by atomic mass is 9.68. The van der Waals surface area contributed by atoms with E-state index in [0.29, 0.717) is 17.7 Å². The van der Waals surface area contributed by atoms with E-state index in [4.69, 9.17) is 4.74 Å². The van der Waals surface area contributed by atoms with E-state index in [2.05, 4.69) is 15.5 Å². The smallest absolute Gasteiger partial charge is 0.225 e. The monoisotopic (exact) mass is 431 g/mol. The molecule has 8 rings (SSSR count). The van der Waals surface area contributed by atoms with Crippen LogP contribution in [0, 0.1) is 35.5 Å². The number of amides is 1. The molecule has 6 aliphatic heterocycles. The summed E-state index contributed by atoms with van der Waals surface area (Å²) in [6.45, 7) is 5.10. The van der Waals surface area contributed by atoms with Crippen LogP contribution in [0.4, 0.5) is 0 Å². The fourth-order valence-electron chi connectivity index (χ4n) is 7.45. The van der Waals surface area contributed by atoms with E-state index in [1.165, 1.54) is 64.2 Å². The lowest BCUT2D eigenvalue weighted by Crippen LogP contribution is -2.54. The molecule has 6 saturated heterocycles. The van der Waals surface area contributed by atoms with Gasteiger partial charge < -0.3 is 9.64 Å². The van der Waals surface area contributed by atoms with Gasteiger partial charge in [-0.3, -0.25) is 15.4 Å². The topological polar surface area (TPSA) is 53.6 Å². The quantitative estimate of drug-likeness (QED) is 0.605. The van der Waals surface area contributed by atoms with Gasteiger partial charge in [0.2, 0.25) is 5.91 Å². The summed E-state index contributed by atoms with van der Waals surface area (Å²) < 4.78 is 6.05. The van der Waals surface area contributed by atoms with E-state index in [0.717, 1.165) is 75.7 Å². The minimum absolute atomic E-state index is 0.0503. The van der Waals surface area contributed by atoms with Gasteiger partial charge in [0.1, 0.15) is 0 Å². The van der Waals surface area contributed by atoms with Crippen LogP contribution in [0.1, 0.15) is 83.5 Å². The van der Waals surface area contributed by atoms with E-state index >= 15 is 0 Å². The molecule has 31 heavy (non-hydrogen) atoms. The van der Waals surface area contributed by atoms with Crippen LogP contribution in [0.15, 0.2) is 0 Å². The highest BCUT2D eigenvalue weighted by atomic mass is 16.5. The van der Waals surface area contributed by atoms with Crippen molar-refractivity contribution in [3.8, 4) is 0 Å². The second-order valence-electron chi connectivity index (χ2n) is 11.5. The Morgan fingerprint density at radius 3 is 2.39 bits per heavy atom. The van der Waals surface area contributed by atoms with Crippen LogP contribution in [0.25, 0.3) is 0 Å². The van der Waals surface area contributed by atoms with Gasteiger partial charge in [-0.2, -0.15) is 0 Å². The fraction of sp³-hybridized carbons (Fsp3) is 0.962. The minimum Gasteiger partial charge on any atom is -0.350 e. The zero-order chi connectivity index (χ0) is 21.0. The number of nitrogens with one attached hydrogen (secondary N) is 2. The van der Waals surface area contributed by atoms with E-state index in [9.17, 15) is 4.79 Å². The van der Waals surface area contributed by atoms with Crippen molar-refractivity contribution in [2.75, 3.05) is 32.8 Å². The molecule has 5 nitrogen and oxygen atoms in total. The SMILES string of the molecule is O=C1C2CCC(CCCCCOC3NCC(CN3)CC3CCC4CCN1CC4C3)CC2. The van der Waals surface area contributed by atoms with Crippen LogP contribution < -0.4 is 10.6 Å². The number of piperidine rings is 1. The molecule has 0 aromatic rings. The molecule has 0 spiro atoms. The Balaban J connectivity index is 1.22. The average molecular weight is 432 g/mol. The van der Waals surface area contributed by atoms with Crippen molar-refractivity contribution in [2.45, 2.75) is 89.8 Å². The summed E-state index contributed by atoms with van der Waals surface area (Å²) in [5.41, 5.74) is 0. The van der Waals surface area contributed by atoms with E-state index in [1.54, 1.807) is 0 Å². The normalized spacial score (nSPS) is 43.0. The highest BCUT2D eigenvalue weighted by molar-refractivity contribution is 5.79. The third-order valence-corrected chi connectivity index (χ3v) is 9.37. The molecule has 8 fully saturated rings. The Morgan fingerprint density at radius 2 is 1.55 bits per heavy atom. The van der Waals surface area contributed by atoms with Gasteiger partial charge in [0.05, 0.1) is 6.61 Å². The number of carbonyl (C=O) groups excluding carboxylic acids is 1. The number of ether oxygens (including phenoxy) is 1. The third kappa shape index (κ3) is 5.65. The summed E-state index contributed by atoms with van der Waals surface area (Å²) in [7, 11) is 0. The highest BCUT2D eigenvalue weighted by Gasteiger charge is 2.39. The molecule has 0 radical (unpaired) electrons. The standard InChI is InChI=1S/C26H45N3O2/c30-25-23-9-5-19(6-10-23)4-2-1-3-13-31-26-27-16-21(17-28-26)14-20-7-8-22-11-12-29(25)18-24(22)15-20/h19-24,26-28H,1-18H2. The van der Waals surface area contributed by atoms with Gasteiger partial charge >= 0.3 is 0 Å². The molecular weight excluding hydrogens is 386 g/mol. The molecule has 0 aromatic carbocycles. The Hall–Kier alpha value is -0.650. The molecule has 2 saturated carbocycles. The number of nitrogens with zero attached hydrogens (tertiary/aromatic N) is 1. The van der Waals surface area contributed by atoms with E-state index < -0.39 is 0 Å². The van der Waals surface area contributed by atoms with Crippen molar-refractivity contribution >= 4 is 5.91 Å². The Labute approximate surface area is 189 Å². The summed E-state index contributed by atoms with van der Waals surface area (Å²) in [6, 6.07) is 0. The summed E-state index contributed by atoms with van der Waals surface area (Å²) >= 11 is 0. The molecule has 6 heterocycles. The van der Waals surface area contributed by atoms with Crippen LogP contribution in [0.5, 0.6) is 0 Å². The molecule has 2 aliphatic carbocycles.